The van der Waals surface area contributed by atoms with Crippen LogP contribution < -0.4 is 4.90 Å². The average molecular weight is 455 g/mol. The lowest BCUT2D eigenvalue weighted by molar-refractivity contribution is 1.09. The molecule has 1 aromatic heterocycles. The summed E-state index contributed by atoms with van der Waals surface area (Å²) in [6.45, 7) is 6.26. The molecule has 0 aliphatic carbocycles. The number of fused-ring (bicyclic) bond motifs is 3. The molecular weight excluding hydrogens is 424 g/mol. The van der Waals surface area contributed by atoms with Crippen LogP contribution in [-0.2, 0) is 0 Å². The molecule has 0 amide bonds. The molecule has 35 heavy (non-hydrogen) atoms. The van der Waals surface area contributed by atoms with Crippen LogP contribution in [0.5, 0.6) is 0 Å². The minimum absolute atomic E-state index is 0.790. The molecule has 4 aromatic carbocycles. The Bertz CT molecular complexity index is 1500. The summed E-state index contributed by atoms with van der Waals surface area (Å²) < 4.78 is 2.39. The molecule has 0 atom stereocenters. The molecule has 172 valence electrons. The topological polar surface area (TPSA) is 8.17 Å². The lowest BCUT2D eigenvalue weighted by Crippen LogP contribution is -2.16. The van der Waals surface area contributed by atoms with Gasteiger partial charge in [-0.2, -0.15) is 0 Å². The van der Waals surface area contributed by atoms with Gasteiger partial charge >= 0.3 is 0 Å². The second kappa shape index (κ2) is 9.90. The summed E-state index contributed by atoms with van der Waals surface area (Å²) in [7, 11) is 2.12. The quantitative estimate of drug-likeness (QED) is 0.223. The molecule has 0 N–H and O–H groups in total. The molecule has 1 heterocycles. The third kappa shape index (κ3) is 4.20. The Morgan fingerprint density at radius 3 is 1.97 bits per heavy atom. The summed E-state index contributed by atoms with van der Waals surface area (Å²) in [4.78, 5) is 2.23. The summed E-state index contributed by atoms with van der Waals surface area (Å²) >= 11 is 0. The summed E-state index contributed by atoms with van der Waals surface area (Å²) in [5, 5.41) is 2.56. The fourth-order valence-corrected chi connectivity index (χ4v) is 4.90. The maximum Gasteiger partial charge on any atom is 0.0537 e. The number of nitrogens with zero attached hydrogens (tertiary/aromatic N) is 2. The number of hydrogen-bond donors (Lipinski definition) is 0. The largest absolute Gasteiger partial charge is 0.344 e. The highest BCUT2D eigenvalue weighted by Crippen LogP contribution is 2.34. The van der Waals surface area contributed by atoms with Crippen LogP contribution in [-0.4, -0.2) is 11.6 Å². The van der Waals surface area contributed by atoms with Gasteiger partial charge in [0, 0.05) is 46.9 Å². The molecule has 2 heteroatoms. The molecule has 0 aliphatic rings. The minimum Gasteiger partial charge on any atom is -0.344 e. The van der Waals surface area contributed by atoms with E-state index in [1.807, 2.05) is 6.08 Å². The first kappa shape index (κ1) is 22.5. The third-order valence-corrected chi connectivity index (χ3v) is 6.67. The summed E-state index contributed by atoms with van der Waals surface area (Å²) in [6, 6.07) is 36.4. The van der Waals surface area contributed by atoms with Gasteiger partial charge in [0.2, 0.25) is 0 Å². The normalized spacial score (nSPS) is 12.3. The highest BCUT2D eigenvalue weighted by Gasteiger charge is 2.14. The van der Waals surface area contributed by atoms with E-state index < -0.39 is 0 Å². The number of allylic oxidation sites excluding steroid dienone is 4. The first-order chi connectivity index (χ1) is 17.2. The fraction of sp³-hybridized carbons (Fsp3) is 0.0909. The summed E-state index contributed by atoms with van der Waals surface area (Å²) in [6.07, 6.45) is 7.22. The number of anilines is 1. The minimum atomic E-state index is 0.790. The monoisotopic (exact) mass is 454 g/mol. The van der Waals surface area contributed by atoms with Crippen molar-refractivity contribution >= 4 is 33.2 Å². The van der Waals surface area contributed by atoms with Gasteiger partial charge in [-0.25, -0.2) is 0 Å². The predicted octanol–water partition coefficient (Wildman–Crippen LogP) is 8.92. The predicted molar refractivity (Wildman–Crippen MR) is 153 cm³/mol. The van der Waals surface area contributed by atoms with Crippen LogP contribution in [0.25, 0.3) is 38.6 Å². The van der Waals surface area contributed by atoms with Crippen LogP contribution in [0, 0.1) is 0 Å². The molecule has 0 saturated carbocycles. The number of hydrogen-bond acceptors (Lipinski definition) is 1. The molecule has 0 fully saturated rings. The lowest BCUT2D eigenvalue weighted by Gasteiger charge is -2.24. The standard InChI is InChI=1S/C33H30N2/c1-4-26(34(3)31-20-12-9-17-28(31)25-15-7-6-8-16-25)23-24-27(5-2)35-32-21-13-10-18-29(32)30-19-11-14-22-33(30)35/h4-23H,1,24H2,2-3H3/b26-23+,27-5+. The van der Waals surface area contributed by atoms with Crippen molar-refractivity contribution in [1.29, 1.82) is 0 Å². The van der Waals surface area contributed by atoms with Gasteiger partial charge in [0.15, 0.2) is 0 Å². The van der Waals surface area contributed by atoms with E-state index in [-0.39, 0.29) is 0 Å². The van der Waals surface area contributed by atoms with Gasteiger partial charge in [0.05, 0.1) is 11.0 Å². The van der Waals surface area contributed by atoms with Crippen molar-refractivity contribution in [3.8, 4) is 11.1 Å². The second-order valence-corrected chi connectivity index (χ2v) is 8.63. The van der Waals surface area contributed by atoms with Crippen molar-refractivity contribution in [2.45, 2.75) is 13.3 Å². The SMILES string of the molecule is C=C/C(=C\C/C(=C\C)n1c2ccccc2c2ccccc21)N(C)c1ccccc1-c1ccccc1. The molecule has 0 bridgehead atoms. The fourth-order valence-electron chi connectivity index (χ4n) is 4.90. The molecule has 0 unspecified atom stereocenters. The first-order valence-electron chi connectivity index (χ1n) is 12.1. The van der Waals surface area contributed by atoms with Crippen LogP contribution in [0.3, 0.4) is 0 Å². The van der Waals surface area contributed by atoms with Crippen LogP contribution in [0.1, 0.15) is 13.3 Å². The van der Waals surface area contributed by atoms with E-state index in [9.17, 15) is 0 Å². The van der Waals surface area contributed by atoms with Crippen molar-refractivity contribution in [3.05, 3.63) is 134 Å². The number of rotatable bonds is 7. The van der Waals surface area contributed by atoms with E-state index in [0.29, 0.717) is 0 Å². The molecule has 2 nitrogen and oxygen atoms in total. The number of aromatic nitrogens is 1. The first-order valence-corrected chi connectivity index (χ1v) is 12.1. The van der Waals surface area contributed by atoms with Gasteiger partial charge in [0.1, 0.15) is 0 Å². The van der Waals surface area contributed by atoms with Crippen molar-refractivity contribution < 1.29 is 0 Å². The molecule has 0 spiro atoms. The zero-order chi connectivity index (χ0) is 24.2. The molecule has 0 radical (unpaired) electrons. The van der Waals surface area contributed by atoms with Crippen LogP contribution in [0.15, 0.2) is 134 Å². The Morgan fingerprint density at radius 2 is 1.34 bits per heavy atom. The second-order valence-electron chi connectivity index (χ2n) is 8.63. The summed E-state index contributed by atoms with van der Waals surface area (Å²) in [5.41, 5.74) is 8.36. The van der Waals surface area contributed by atoms with Crippen molar-refractivity contribution in [1.82, 2.24) is 4.57 Å². The van der Waals surface area contributed by atoms with E-state index in [4.69, 9.17) is 0 Å². The maximum atomic E-state index is 4.14. The van der Waals surface area contributed by atoms with Gasteiger partial charge in [0.25, 0.3) is 0 Å². The molecule has 0 aliphatic heterocycles. The molecule has 5 aromatic rings. The molecular formula is C33H30N2. The van der Waals surface area contributed by atoms with Crippen molar-refractivity contribution in [2.24, 2.45) is 0 Å². The van der Waals surface area contributed by atoms with Gasteiger partial charge in [-0.3, -0.25) is 0 Å². The van der Waals surface area contributed by atoms with E-state index in [2.05, 4.69) is 145 Å². The number of para-hydroxylation sites is 3. The molecule has 5 rings (SSSR count). The van der Waals surface area contributed by atoms with Crippen molar-refractivity contribution in [3.63, 3.8) is 0 Å². The highest BCUT2D eigenvalue weighted by molar-refractivity contribution is 6.10. The zero-order valence-corrected chi connectivity index (χ0v) is 20.4. The van der Waals surface area contributed by atoms with E-state index in [1.165, 1.54) is 38.6 Å². The van der Waals surface area contributed by atoms with Crippen LogP contribution in [0.4, 0.5) is 5.69 Å². The van der Waals surface area contributed by atoms with Crippen LogP contribution >= 0.6 is 0 Å². The van der Waals surface area contributed by atoms with E-state index in [0.717, 1.165) is 17.8 Å². The Kier molecular flexibility index (Phi) is 6.36. The van der Waals surface area contributed by atoms with Gasteiger partial charge in [-0.05, 0) is 36.8 Å². The van der Waals surface area contributed by atoms with Crippen LogP contribution in [0.2, 0.25) is 0 Å². The average Bonchev–Trinajstić information content (AvgIpc) is 3.26. The Balaban J connectivity index is 1.53. The van der Waals surface area contributed by atoms with Gasteiger partial charge in [-0.15, -0.1) is 0 Å². The Hall–Kier alpha value is -4.30. The zero-order valence-electron chi connectivity index (χ0n) is 20.4. The lowest BCUT2D eigenvalue weighted by atomic mass is 10.0. The van der Waals surface area contributed by atoms with E-state index >= 15 is 0 Å². The summed E-state index contributed by atoms with van der Waals surface area (Å²) in [5.74, 6) is 0. The number of benzene rings is 4. The Morgan fingerprint density at radius 1 is 0.771 bits per heavy atom. The maximum absolute atomic E-state index is 4.14. The Labute approximate surface area is 207 Å². The van der Waals surface area contributed by atoms with E-state index in [1.54, 1.807) is 0 Å². The smallest absolute Gasteiger partial charge is 0.0537 e. The molecule has 0 saturated heterocycles. The van der Waals surface area contributed by atoms with Gasteiger partial charge < -0.3 is 9.47 Å². The number of likely N-dealkylation sites (N-methyl/N-ethyl adjacent to an activating group) is 1. The van der Waals surface area contributed by atoms with Crippen molar-refractivity contribution in [2.75, 3.05) is 11.9 Å². The van der Waals surface area contributed by atoms with Gasteiger partial charge in [-0.1, -0.05) is 104 Å². The highest BCUT2D eigenvalue weighted by atomic mass is 15.1. The third-order valence-electron chi connectivity index (χ3n) is 6.67.